The number of hydrogen-bond donors (Lipinski definition) is 3. The van der Waals surface area contributed by atoms with Gasteiger partial charge in [-0.3, -0.25) is 51.0 Å². The first kappa shape index (κ1) is 117. The number of carbonyl (C=O) groups is 4. The number of benzene rings is 7. The lowest BCUT2D eigenvalue weighted by atomic mass is 9.79. The van der Waals surface area contributed by atoms with Gasteiger partial charge in [-0.1, -0.05) is 244 Å². The van der Waals surface area contributed by atoms with Crippen LogP contribution in [0.1, 0.15) is 137 Å². The second-order valence-electron chi connectivity index (χ2n) is 36.6. The Bertz CT molecular complexity index is 5150. The lowest BCUT2D eigenvalue weighted by molar-refractivity contribution is -0.274. The monoisotopic (exact) mass is 2070 g/mol. The van der Waals surface area contributed by atoms with Gasteiger partial charge >= 0.3 is 62.1 Å². The van der Waals surface area contributed by atoms with Crippen LogP contribution < -0.4 is 9.26 Å². The van der Waals surface area contributed by atoms with Crippen LogP contribution in [0.3, 0.4) is 0 Å². The minimum absolute atomic E-state index is 0.00725. The number of ether oxygens (including phenoxy) is 12. The number of methoxy groups -OCH3 is 1. The maximum Gasteiger partial charge on any atom is 0.475 e. The van der Waals surface area contributed by atoms with E-state index < -0.39 is 155 Å². The Morgan fingerprint density at radius 1 is 0.355 bits per heavy atom. The summed E-state index contributed by atoms with van der Waals surface area (Å²) in [7, 11) is -16.1. The van der Waals surface area contributed by atoms with E-state index in [2.05, 4.69) is 0 Å². The maximum absolute atomic E-state index is 13.6. The van der Waals surface area contributed by atoms with Gasteiger partial charge in [-0.05, 0) is 89.2 Å². The zero-order valence-corrected chi connectivity index (χ0v) is 88.2. The fraction of sp³-hybridized carbons (Fsp3) is 0.545. The molecule has 141 heavy (non-hydrogen) atoms. The van der Waals surface area contributed by atoms with E-state index in [1.807, 2.05) is 244 Å². The average Bonchev–Trinajstić information content (AvgIpc) is 1.63. The predicted octanol–water partition coefficient (Wildman–Crippen LogP) is 19.0. The predicted molar refractivity (Wildman–Crippen MR) is 521 cm³/mol. The SMILES string of the molecule is CC(=O)OC1C(O)OC([C@H](C)COP(C)(=O)OCc2ccccc2)[C@@H](C)[C@@H]1C.CC(=O)OC1[C@@H](OC(C)=O)OC([C@H](C)COP(C)(=O)OCc2ccccc2)[C@@H](C)[C@@H]1C.CC(=O)OC1[C@@H](OP(C)(=O)Oc2ccccc2)OC([C@H](C)COP(C)(=O)OCc2ccccc2)[C@@H](C)[C@@H]1C.COc1ccc(CO[C@H]2O[C@H]([C@H](O)[C@H](O)COP(=O)(OCc3ccccc3)OCc3ccccc3)[C@H]3OC(C)(C)OC23)cc1. The molecule has 28 atom stereocenters. The Hall–Kier alpha value is -7.63. The van der Waals surface area contributed by atoms with Gasteiger partial charge in [0.1, 0.15) is 42.0 Å². The van der Waals surface area contributed by atoms with E-state index in [4.69, 9.17) is 107 Å². The zero-order valence-electron chi connectivity index (χ0n) is 83.7. The molecule has 5 aliphatic rings. The summed E-state index contributed by atoms with van der Waals surface area (Å²) in [4.78, 5) is 46.1. The first-order valence-electron chi connectivity index (χ1n) is 46.9. The van der Waals surface area contributed by atoms with Gasteiger partial charge in [-0.2, -0.15) is 0 Å². The van der Waals surface area contributed by atoms with Gasteiger partial charge < -0.3 is 104 Å². The summed E-state index contributed by atoms with van der Waals surface area (Å²) in [6.45, 7) is 32.3. The summed E-state index contributed by atoms with van der Waals surface area (Å²) < 4.78 is 195. The van der Waals surface area contributed by atoms with Crippen molar-refractivity contribution < 1.29 is 164 Å². The molecule has 12 unspecified atom stereocenters. The van der Waals surface area contributed by atoms with E-state index in [1.54, 1.807) is 45.2 Å². The molecule has 12 rings (SSSR count). The summed E-state index contributed by atoms with van der Waals surface area (Å²) in [5.74, 6) is -2.92. The lowest BCUT2D eigenvalue weighted by Gasteiger charge is -2.45. The smallest absolute Gasteiger partial charge is 0.475 e. The quantitative estimate of drug-likeness (QED) is 0.0181. The molecule has 0 aromatic heterocycles. The number of rotatable bonds is 44. The Morgan fingerprint density at radius 3 is 1.06 bits per heavy atom. The molecule has 3 N–H and O–H groups in total. The first-order chi connectivity index (χ1) is 66.6. The van der Waals surface area contributed by atoms with Crippen LogP contribution in [0.5, 0.6) is 11.5 Å². The third-order valence-electron chi connectivity index (χ3n) is 24.3. The molecule has 780 valence electrons. The van der Waals surface area contributed by atoms with Crippen LogP contribution in [-0.4, -0.2) is 197 Å². The van der Waals surface area contributed by atoms with Crippen LogP contribution in [0.25, 0.3) is 0 Å². The lowest BCUT2D eigenvalue weighted by Crippen LogP contribution is -2.54. The summed E-state index contributed by atoms with van der Waals surface area (Å²) in [6, 6.07) is 62.6. The van der Waals surface area contributed by atoms with Crippen LogP contribution in [-0.2, 0) is 179 Å². The molecule has 35 nitrogen and oxygen atoms in total. The van der Waals surface area contributed by atoms with Crippen LogP contribution >= 0.6 is 38.2 Å². The van der Waals surface area contributed by atoms with Gasteiger partial charge in [0.15, 0.2) is 36.7 Å². The van der Waals surface area contributed by atoms with Crippen LogP contribution in [0.4, 0.5) is 0 Å². The fourth-order valence-corrected chi connectivity index (χ4v) is 21.4. The van der Waals surface area contributed by atoms with Gasteiger partial charge in [0.25, 0.3) is 0 Å². The normalized spacial score (nSPS) is 27.4. The van der Waals surface area contributed by atoms with Crippen molar-refractivity contribution in [2.24, 2.45) is 53.3 Å². The Morgan fingerprint density at radius 2 is 0.681 bits per heavy atom. The highest BCUT2D eigenvalue weighted by Gasteiger charge is 2.59. The molecule has 5 aliphatic heterocycles. The molecular formula is C101H141O35P5. The standard InChI is InChI=1S/C32H39O11P.C27H38O9P2.C22H33O8P.C20H31O7P/c1-32(2)42-29-28(41-31(30(29)43-32)37-18-24-14-16-25(36-3)17-15-24)27(34)26(33)21-40-44(35,38-19-22-10-6-4-7-11-22)39-20-23-12-8-5-9-13-23;1-19(17-31-37(5,29)32-18-23-13-9-7-10-14-23)25-20(2)21(3)26(33-22(4)28)27(34-25)36-38(6,30)35-24-15-11-8-12-16-24;1-14(12-26-31(6,25)27-13-19-10-8-7-9-11-19)20-15(2)16(3)21(28-17(4)23)22(30-20)29-18(5)24;1-13(11-24-28(5,23)25-12-17-9-7-6-8-10-17)18-14(2)15(3)19(20(22)27-18)26-16(4)21/h4-17,26-31,33-34H,18-21H2,1-3H3;7-16,19-21,25-27H,17-18H2,1-6H3;7-11,14-16,20-22H,12-13H2,1-6H3;6-10,13-15,18-20,22H,11-12H2,1-5H3/t26-,27-,28-,29-,30?,31+;19-,20+,21+,25?,26?,27-,37?,38?;14-,15+,16+,20?,21?,22+,31?;13-,14+,15+,18?,19?,20?,28?/m1111/s1. The van der Waals surface area contributed by atoms with Crippen molar-refractivity contribution in [3.05, 3.63) is 240 Å². The van der Waals surface area contributed by atoms with Crippen LogP contribution in [0, 0.1) is 53.3 Å². The molecule has 40 heteroatoms. The number of hydrogen-bond acceptors (Lipinski definition) is 35. The first-order valence-corrected chi connectivity index (χ1v) is 56.3. The molecule has 7 aromatic rings. The molecule has 0 aliphatic carbocycles. The van der Waals surface area contributed by atoms with Crippen molar-refractivity contribution in [3.8, 4) is 11.5 Å². The summed E-state index contributed by atoms with van der Waals surface area (Å²) >= 11 is 0. The summed E-state index contributed by atoms with van der Waals surface area (Å²) in [5.41, 5.74) is 5.10. The zero-order chi connectivity index (χ0) is 103. The van der Waals surface area contributed by atoms with E-state index in [0.717, 1.165) is 39.1 Å². The van der Waals surface area contributed by atoms with Crippen molar-refractivity contribution in [1.29, 1.82) is 0 Å². The summed E-state index contributed by atoms with van der Waals surface area (Å²) in [6.07, 6.45) is -13.1. The number of carbonyl (C=O) groups excluding carboxylic acids is 4. The summed E-state index contributed by atoms with van der Waals surface area (Å²) in [5, 5.41) is 32.4. The van der Waals surface area contributed by atoms with Gasteiger partial charge in [0.05, 0.1) is 98.2 Å². The highest BCUT2D eigenvalue weighted by atomic mass is 31.2. The van der Waals surface area contributed by atoms with E-state index in [-0.39, 0.29) is 125 Å². The van der Waals surface area contributed by atoms with Crippen molar-refractivity contribution >= 4 is 62.1 Å². The van der Waals surface area contributed by atoms with Crippen molar-refractivity contribution in [3.63, 3.8) is 0 Å². The number of aliphatic hydroxyl groups excluding tert-OH is 3. The van der Waals surface area contributed by atoms with E-state index >= 15 is 0 Å². The number of phosphoric acid groups is 1. The molecule has 0 radical (unpaired) electrons. The Kier molecular flexibility index (Phi) is 45.8. The van der Waals surface area contributed by atoms with Crippen molar-refractivity contribution in [2.45, 2.75) is 242 Å². The topological polar surface area (TPSA) is 427 Å². The number of phosphoric ester groups is 1. The minimum Gasteiger partial charge on any atom is -0.497 e. The number of fused-ring (bicyclic) bond motifs is 1. The Labute approximate surface area is 827 Å². The maximum atomic E-state index is 13.6. The van der Waals surface area contributed by atoms with E-state index in [0.29, 0.717) is 5.75 Å². The number of para-hydroxylation sites is 1. The van der Waals surface area contributed by atoms with Gasteiger partial charge in [-0.25, -0.2) is 9.13 Å². The molecule has 5 heterocycles. The fourth-order valence-electron chi connectivity index (χ4n) is 16.3. The van der Waals surface area contributed by atoms with Crippen molar-refractivity contribution in [2.75, 3.05) is 60.2 Å². The molecule has 7 aromatic carbocycles. The second-order valence-corrected chi connectivity index (χ2v) is 46.4. The van der Waals surface area contributed by atoms with Gasteiger partial charge in [0, 0.05) is 83.2 Å². The Balaban J connectivity index is 0.000000213. The number of esters is 4. The second kappa shape index (κ2) is 55.2. The van der Waals surface area contributed by atoms with Crippen molar-refractivity contribution in [1.82, 2.24) is 0 Å². The highest BCUT2D eigenvalue weighted by Crippen LogP contribution is 2.55. The molecular weight excluding hydrogens is 1930 g/mol. The molecule has 5 fully saturated rings. The molecule has 0 spiro atoms. The van der Waals surface area contributed by atoms with Gasteiger partial charge in [-0.15, -0.1) is 0 Å². The number of aliphatic hydroxyl groups is 3. The molecule has 0 amide bonds. The van der Waals surface area contributed by atoms with E-state index in [1.165, 1.54) is 54.4 Å². The third kappa shape index (κ3) is 38.0. The van der Waals surface area contributed by atoms with Crippen LogP contribution in [0.15, 0.2) is 206 Å². The minimum atomic E-state index is -4.18. The van der Waals surface area contributed by atoms with E-state index in [9.17, 15) is 57.3 Å². The largest absolute Gasteiger partial charge is 0.497 e. The van der Waals surface area contributed by atoms with Gasteiger partial charge in [0.2, 0.25) is 12.6 Å². The third-order valence-corrected chi connectivity index (χ3v) is 30.5. The molecule has 0 bridgehead atoms. The van der Waals surface area contributed by atoms with Crippen LogP contribution in [0.2, 0.25) is 0 Å². The highest BCUT2D eigenvalue weighted by molar-refractivity contribution is 7.54. The average molecular weight is 2070 g/mol. The molecule has 5 saturated heterocycles. The molecule has 0 saturated carbocycles.